The number of rotatable bonds is 1. The highest BCUT2D eigenvalue weighted by molar-refractivity contribution is 5.84. The lowest BCUT2D eigenvalue weighted by Gasteiger charge is -2.07. The highest BCUT2D eigenvalue weighted by Crippen LogP contribution is 2.31. The standard InChI is InChI=1S/C15H10FNO3/c16-11-4-2-1-3-9(11)15-14(19)13(18)10-7-8(17)5-6-12(10)20-15/h1-7,19H,17H2. The Hall–Kier alpha value is -2.82. The smallest absolute Gasteiger partial charge is 0.235 e. The summed E-state index contributed by atoms with van der Waals surface area (Å²) in [6.07, 6.45) is 0. The summed E-state index contributed by atoms with van der Waals surface area (Å²) in [7, 11) is 0. The van der Waals surface area contributed by atoms with Gasteiger partial charge in [0.1, 0.15) is 11.4 Å². The first-order valence-electron chi connectivity index (χ1n) is 5.88. The van der Waals surface area contributed by atoms with Crippen molar-refractivity contribution in [3.05, 3.63) is 58.5 Å². The molecule has 0 radical (unpaired) electrons. The van der Waals surface area contributed by atoms with Gasteiger partial charge in [0.15, 0.2) is 5.76 Å². The van der Waals surface area contributed by atoms with E-state index in [1.165, 1.54) is 30.3 Å². The molecule has 20 heavy (non-hydrogen) atoms. The Morgan fingerprint density at radius 2 is 1.90 bits per heavy atom. The molecular weight excluding hydrogens is 261 g/mol. The molecule has 3 rings (SSSR count). The fourth-order valence-corrected chi connectivity index (χ4v) is 2.03. The summed E-state index contributed by atoms with van der Waals surface area (Å²) < 4.78 is 19.2. The van der Waals surface area contributed by atoms with Crippen LogP contribution in [0.15, 0.2) is 51.7 Å². The van der Waals surface area contributed by atoms with Gasteiger partial charge < -0.3 is 15.3 Å². The summed E-state index contributed by atoms with van der Waals surface area (Å²) in [5.74, 6) is -1.40. The minimum atomic E-state index is -0.642. The number of nitrogen functional groups attached to an aromatic ring is 1. The third-order valence-electron chi connectivity index (χ3n) is 3.01. The average Bonchev–Trinajstić information content (AvgIpc) is 2.44. The number of benzene rings is 2. The molecule has 1 aromatic heterocycles. The van der Waals surface area contributed by atoms with Gasteiger partial charge in [0.25, 0.3) is 0 Å². The Kier molecular flexibility index (Phi) is 2.68. The van der Waals surface area contributed by atoms with E-state index in [-0.39, 0.29) is 22.3 Å². The second kappa shape index (κ2) is 4.38. The monoisotopic (exact) mass is 271 g/mol. The Morgan fingerprint density at radius 3 is 2.65 bits per heavy atom. The Balaban J connectivity index is 2.39. The lowest BCUT2D eigenvalue weighted by molar-refractivity contribution is 0.447. The van der Waals surface area contributed by atoms with Crippen LogP contribution in [-0.4, -0.2) is 5.11 Å². The third kappa shape index (κ3) is 1.80. The van der Waals surface area contributed by atoms with Gasteiger partial charge in [-0.15, -0.1) is 0 Å². The maximum atomic E-state index is 13.8. The summed E-state index contributed by atoms with van der Waals surface area (Å²) in [5, 5.41) is 10.1. The minimum Gasteiger partial charge on any atom is -0.502 e. The zero-order valence-corrected chi connectivity index (χ0v) is 10.3. The molecule has 0 bridgehead atoms. The van der Waals surface area contributed by atoms with Crippen LogP contribution in [0.5, 0.6) is 5.75 Å². The second-order valence-electron chi connectivity index (χ2n) is 4.34. The van der Waals surface area contributed by atoms with E-state index < -0.39 is 17.0 Å². The number of halogens is 1. The summed E-state index contributed by atoms with van der Waals surface area (Å²) in [6, 6.07) is 10.2. The van der Waals surface area contributed by atoms with Crippen LogP contribution < -0.4 is 11.2 Å². The van der Waals surface area contributed by atoms with Gasteiger partial charge in [-0.2, -0.15) is 0 Å². The van der Waals surface area contributed by atoms with E-state index >= 15 is 0 Å². The molecule has 0 aliphatic heterocycles. The van der Waals surface area contributed by atoms with E-state index in [0.29, 0.717) is 5.69 Å². The van der Waals surface area contributed by atoms with Gasteiger partial charge in [-0.1, -0.05) is 12.1 Å². The molecule has 2 aromatic carbocycles. The number of fused-ring (bicyclic) bond motifs is 1. The van der Waals surface area contributed by atoms with Crippen LogP contribution in [0, 0.1) is 5.82 Å². The fraction of sp³-hybridized carbons (Fsp3) is 0. The molecule has 4 nitrogen and oxygen atoms in total. The largest absolute Gasteiger partial charge is 0.502 e. The number of aromatic hydroxyl groups is 1. The van der Waals surface area contributed by atoms with Crippen LogP contribution >= 0.6 is 0 Å². The molecule has 0 amide bonds. The van der Waals surface area contributed by atoms with Gasteiger partial charge >= 0.3 is 0 Å². The molecule has 0 saturated heterocycles. The molecule has 3 aromatic rings. The highest BCUT2D eigenvalue weighted by atomic mass is 19.1. The minimum absolute atomic E-state index is 0.0285. The maximum Gasteiger partial charge on any atom is 0.235 e. The first-order chi connectivity index (χ1) is 9.58. The highest BCUT2D eigenvalue weighted by Gasteiger charge is 2.17. The summed E-state index contributed by atoms with van der Waals surface area (Å²) in [4.78, 5) is 12.1. The summed E-state index contributed by atoms with van der Waals surface area (Å²) >= 11 is 0. The first-order valence-corrected chi connectivity index (χ1v) is 5.88. The molecule has 0 aliphatic carbocycles. The van der Waals surface area contributed by atoms with E-state index in [9.17, 15) is 14.3 Å². The van der Waals surface area contributed by atoms with E-state index in [1.54, 1.807) is 12.1 Å². The van der Waals surface area contributed by atoms with Crippen molar-refractivity contribution in [1.29, 1.82) is 0 Å². The Morgan fingerprint density at radius 1 is 1.15 bits per heavy atom. The van der Waals surface area contributed by atoms with Crippen molar-refractivity contribution in [1.82, 2.24) is 0 Å². The van der Waals surface area contributed by atoms with Crippen molar-refractivity contribution < 1.29 is 13.9 Å². The van der Waals surface area contributed by atoms with Gasteiger partial charge in [0, 0.05) is 5.69 Å². The summed E-state index contributed by atoms with van der Waals surface area (Å²) in [6.45, 7) is 0. The number of hydrogen-bond donors (Lipinski definition) is 2. The predicted octanol–water partition coefficient (Wildman–Crippen LogP) is 2.89. The van der Waals surface area contributed by atoms with Crippen LogP contribution in [-0.2, 0) is 0 Å². The normalized spacial score (nSPS) is 10.8. The predicted molar refractivity (Wildman–Crippen MR) is 74.0 cm³/mol. The van der Waals surface area contributed by atoms with Gasteiger partial charge in [-0.25, -0.2) is 4.39 Å². The van der Waals surface area contributed by atoms with E-state index in [2.05, 4.69) is 0 Å². The van der Waals surface area contributed by atoms with Crippen LogP contribution in [0.25, 0.3) is 22.3 Å². The average molecular weight is 271 g/mol. The number of hydrogen-bond acceptors (Lipinski definition) is 4. The third-order valence-corrected chi connectivity index (χ3v) is 3.01. The zero-order chi connectivity index (χ0) is 14.3. The van der Waals surface area contributed by atoms with Crippen molar-refractivity contribution in [3.8, 4) is 17.1 Å². The van der Waals surface area contributed by atoms with Crippen LogP contribution in [0.2, 0.25) is 0 Å². The number of nitrogens with two attached hydrogens (primary N) is 1. The Labute approximate surface area is 112 Å². The van der Waals surface area contributed by atoms with Crippen LogP contribution in [0.3, 0.4) is 0 Å². The zero-order valence-electron chi connectivity index (χ0n) is 10.3. The molecule has 0 unspecified atom stereocenters. The number of anilines is 1. The van der Waals surface area contributed by atoms with Crippen molar-refractivity contribution in [2.75, 3.05) is 5.73 Å². The lowest BCUT2D eigenvalue weighted by atomic mass is 10.1. The van der Waals surface area contributed by atoms with Crippen molar-refractivity contribution in [2.24, 2.45) is 0 Å². The molecule has 0 atom stereocenters. The molecule has 3 N–H and O–H groups in total. The SMILES string of the molecule is Nc1ccc2oc(-c3ccccc3F)c(O)c(=O)c2c1. The van der Waals surface area contributed by atoms with Crippen LogP contribution in [0.4, 0.5) is 10.1 Å². The lowest BCUT2D eigenvalue weighted by Crippen LogP contribution is -2.03. The van der Waals surface area contributed by atoms with Gasteiger partial charge in [0.2, 0.25) is 11.2 Å². The van der Waals surface area contributed by atoms with E-state index in [4.69, 9.17) is 10.2 Å². The summed E-state index contributed by atoms with van der Waals surface area (Å²) in [5.41, 5.74) is 5.59. The van der Waals surface area contributed by atoms with Gasteiger partial charge in [-0.3, -0.25) is 4.79 Å². The maximum absolute atomic E-state index is 13.8. The molecule has 0 saturated carbocycles. The van der Waals surface area contributed by atoms with Crippen molar-refractivity contribution >= 4 is 16.7 Å². The molecule has 0 fully saturated rings. The van der Waals surface area contributed by atoms with E-state index in [1.807, 2.05) is 0 Å². The first kappa shape index (κ1) is 12.2. The molecule has 0 aliphatic rings. The second-order valence-corrected chi connectivity index (χ2v) is 4.34. The molecule has 100 valence electrons. The molecule has 1 heterocycles. The van der Waals surface area contributed by atoms with Gasteiger partial charge in [0.05, 0.1) is 10.9 Å². The van der Waals surface area contributed by atoms with Crippen molar-refractivity contribution in [3.63, 3.8) is 0 Å². The topological polar surface area (TPSA) is 76.5 Å². The quantitative estimate of drug-likeness (QED) is 0.667. The molecular formula is C15H10FNO3. The van der Waals surface area contributed by atoms with Crippen molar-refractivity contribution in [2.45, 2.75) is 0 Å². The van der Waals surface area contributed by atoms with Gasteiger partial charge in [-0.05, 0) is 30.3 Å². The Bertz CT molecular complexity index is 871. The van der Waals surface area contributed by atoms with Crippen LogP contribution in [0.1, 0.15) is 0 Å². The molecule has 0 spiro atoms. The van der Waals surface area contributed by atoms with E-state index in [0.717, 1.165) is 0 Å². The molecule has 5 heteroatoms. The fourth-order valence-electron chi connectivity index (χ4n) is 2.03.